The summed E-state index contributed by atoms with van der Waals surface area (Å²) in [6, 6.07) is 1.94. The molecular formula is C15H23FN4O. The van der Waals surface area contributed by atoms with Crippen molar-refractivity contribution >= 4 is 11.7 Å². The lowest BCUT2D eigenvalue weighted by Gasteiger charge is -2.35. The average Bonchev–Trinajstić information content (AvgIpc) is 2.45. The number of halogens is 1. The molecule has 2 heterocycles. The number of likely N-dealkylation sites (tertiary alicyclic amines) is 1. The first-order valence-electron chi connectivity index (χ1n) is 7.42. The third-order valence-corrected chi connectivity index (χ3v) is 4.02. The highest BCUT2D eigenvalue weighted by Crippen LogP contribution is 2.18. The van der Waals surface area contributed by atoms with Gasteiger partial charge in [0, 0.05) is 31.4 Å². The minimum Gasteiger partial charge on any atom is -0.368 e. The normalized spacial score (nSPS) is 22.9. The van der Waals surface area contributed by atoms with Crippen molar-refractivity contribution in [2.45, 2.75) is 38.8 Å². The van der Waals surface area contributed by atoms with E-state index in [2.05, 4.69) is 34.5 Å². The lowest BCUT2D eigenvalue weighted by atomic mass is 9.98. The van der Waals surface area contributed by atoms with Gasteiger partial charge in [-0.1, -0.05) is 0 Å². The van der Waals surface area contributed by atoms with Crippen LogP contribution in [0.2, 0.25) is 0 Å². The van der Waals surface area contributed by atoms with Gasteiger partial charge in [0.05, 0.1) is 5.56 Å². The second-order valence-corrected chi connectivity index (χ2v) is 5.58. The Labute approximate surface area is 124 Å². The minimum absolute atomic E-state index is 0.0486. The molecule has 1 aromatic rings. The Morgan fingerprint density at radius 1 is 1.57 bits per heavy atom. The van der Waals surface area contributed by atoms with Crippen LogP contribution in [0.4, 0.5) is 10.2 Å². The second-order valence-electron chi connectivity index (χ2n) is 5.58. The van der Waals surface area contributed by atoms with Crippen LogP contribution in [-0.4, -0.2) is 48.0 Å². The van der Waals surface area contributed by atoms with Crippen LogP contribution in [0.1, 0.15) is 37.0 Å². The third kappa shape index (κ3) is 3.69. The third-order valence-electron chi connectivity index (χ3n) is 4.02. The fraction of sp³-hybridized carbons (Fsp3) is 0.600. The summed E-state index contributed by atoms with van der Waals surface area (Å²) in [6.45, 7) is 5.48. The van der Waals surface area contributed by atoms with Gasteiger partial charge in [0.1, 0.15) is 0 Å². The maximum absolute atomic E-state index is 14.2. The van der Waals surface area contributed by atoms with E-state index in [0.29, 0.717) is 12.6 Å². The summed E-state index contributed by atoms with van der Waals surface area (Å²) >= 11 is 0. The van der Waals surface area contributed by atoms with Crippen molar-refractivity contribution in [3.8, 4) is 0 Å². The summed E-state index contributed by atoms with van der Waals surface area (Å²) in [7, 11) is 2.08. The van der Waals surface area contributed by atoms with E-state index in [0.717, 1.165) is 19.4 Å². The molecule has 0 aliphatic carbocycles. The van der Waals surface area contributed by atoms with Crippen LogP contribution in [0.3, 0.4) is 0 Å². The van der Waals surface area contributed by atoms with E-state index in [9.17, 15) is 9.18 Å². The largest absolute Gasteiger partial charge is 0.368 e. The molecule has 21 heavy (non-hydrogen) atoms. The maximum Gasteiger partial charge on any atom is 0.254 e. The first-order chi connectivity index (χ1) is 10.0. The Kier molecular flexibility index (Phi) is 5.12. The number of aromatic nitrogens is 1. The van der Waals surface area contributed by atoms with Gasteiger partial charge >= 0.3 is 0 Å². The highest BCUT2D eigenvalue weighted by Gasteiger charge is 2.25. The molecule has 2 N–H and O–H groups in total. The van der Waals surface area contributed by atoms with Crippen molar-refractivity contribution in [3.63, 3.8) is 0 Å². The first-order valence-corrected chi connectivity index (χ1v) is 7.42. The molecule has 1 fully saturated rings. The number of carbonyl (C=O) groups is 1. The van der Waals surface area contributed by atoms with Crippen molar-refractivity contribution < 1.29 is 9.18 Å². The van der Waals surface area contributed by atoms with E-state index < -0.39 is 5.82 Å². The summed E-state index contributed by atoms with van der Waals surface area (Å²) < 4.78 is 14.2. The standard InChI is InChI=1S/C15H23FN4O/c1-4-17-14-13(16)12(5-7-18-14)15(21)19-11-6-8-20(3)10(2)9-11/h5,7,10-11H,4,6,8-9H2,1-3H3,(H,17,18)(H,19,21). The molecular weight excluding hydrogens is 271 g/mol. The predicted molar refractivity (Wildman–Crippen MR) is 80.9 cm³/mol. The molecule has 1 aliphatic heterocycles. The van der Waals surface area contributed by atoms with Gasteiger partial charge < -0.3 is 15.5 Å². The molecule has 2 atom stereocenters. The minimum atomic E-state index is -0.585. The molecule has 0 saturated carbocycles. The van der Waals surface area contributed by atoms with E-state index in [1.807, 2.05) is 6.92 Å². The van der Waals surface area contributed by atoms with Crippen LogP contribution in [-0.2, 0) is 0 Å². The molecule has 2 rings (SSSR count). The highest BCUT2D eigenvalue weighted by molar-refractivity contribution is 5.95. The lowest BCUT2D eigenvalue weighted by Crippen LogP contribution is -2.47. The zero-order valence-corrected chi connectivity index (χ0v) is 12.8. The number of amides is 1. The van der Waals surface area contributed by atoms with Crippen molar-refractivity contribution in [1.29, 1.82) is 0 Å². The SMILES string of the molecule is CCNc1nccc(C(=O)NC2CCN(C)C(C)C2)c1F. The Morgan fingerprint density at radius 3 is 3.00 bits per heavy atom. The molecule has 0 radical (unpaired) electrons. The number of rotatable bonds is 4. The van der Waals surface area contributed by atoms with Gasteiger partial charge in [0.2, 0.25) is 0 Å². The van der Waals surface area contributed by atoms with Crippen LogP contribution in [0.15, 0.2) is 12.3 Å². The number of nitrogens with zero attached hydrogens (tertiary/aromatic N) is 2. The fourth-order valence-electron chi connectivity index (χ4n) is 2.59. The Morgan fingerprint density at radius 2 is 2.33 bits per heavy atom. The number of nitrogens with one attached hydrogen (secondary N) is 2. The second kappa shape index (κ2) is 6.85. The molecule has 5 nitrogen and oxygen atoms in total. The van der Waals surface area contributed by atoms with E-state index in [1.54, 1.807) is 0 Å². The Bertz CT molecular complexity index is 508. The Balaban J connectivity index is 2.05. The number of hydrogen-bond donors (Lipinski definition) is 2. The molecule has 1 amide bonds. The van der Waals surface area contributed by atoms with Crippen molar-refractivity contribution in [3.05, 3.63) is 23.6 Å². The molecule has 116 valence electrons. The summed E-state index contributed by atoms with van der Waals surface area (Å²) in [5.74, 6) is -0.824. The lowest BCUT2D eigenvalue weighted by molar-refractivity contribution is 0.0892. The highest BCUT2D eigenvalue weighted by atomic mass is 19.1. The van der Waals surface area contributed by atoms with Gasteiger partial charge in [0.25, 0.3) is 5.91 Å². The topological polar surface area (TPSA) is 57.3 Å². The molecule has 1 aliphatic rings. The number of pyridine rings is 1. The van der Waals surface area contributed by atoms with Gasteiger partial charge in [-0.2, -0.15) is 0 Å². The number of anilines is 1. The molecule has 0 aromatic carbocycles. The first kappa shape index (κ1) is 15.7. The van der Waals surface area contributed by atoms with Crippen LogP contribution >= 0.6 is 0 Å². The van der Waals surface area contributed by atoms with E-state index >= 15 is 0 Å². The Hall–Kier alpha value is -1.69. The number of piperidine rings is 1. The van der Waals surface area contributed by atoms with Crippen LogP contribution < -0.4 is 10.6 Å². The average molecular weight is 294 g/mol. The molecule has 6 heteroatoms. The summed E-state index contributed by atoms with van der Waals surface area (Å²) in [6.07, 6.45) is 3.22. The molecule has 2 unspecified atom stereocenters. The van der Waals surface area contributed by atoms with Gasteiger partial charge in [-0.05, 0) is 39.8 Å². The molecule has 0 spiro atoms. The number of hydrogen-bond acceptors (Lipinski definition) is 4. The summed E-state index contributed by atoms with van der Waals surface area (Å²) in [4.78, 5) is 18.4. The van der Waals surface area contributed by atoms with E-state index in [-0.39, 0.29) is 23.3 Å². The summed E-state index contributed by atoms with van der Waals surface area (Å²) in [5, 5.41) is 5.75. The predicted octanol–water partition coefficient (Wildman–Crippen LogP) is 1.86. The van der Waals surface area contributed by atoms with Crippen LogP contribution in [0.5, 0.6) is 0 Å². The molecule has 0 bridgehead atoms. The van der Waals surface area contributed by atoms with Gasteiger partial charge in [-0.3, -0.25) is 4.79 Å². The van der Waals surface area contributed by atoms with Crippen LogP contribution in [0, 0.1) is 5.82 Å². The maximum atomic E-state index is 14.2. The van der Waals surface area contributed by atoms with Crippen molar-refractivity contribution in [2.24, 2.45) is 0 Å². The van der Waals surface area contributed by atoms with E-state index in [4.69, 9.17) is 0 Å². The van der Waals surface area contributed by atoms with Crippen LogP contribution in [0.25, 0.3) is 0 Å². The van der Waals surface area contributed by atoms with Crippen molar-refractivity contribution in [1.82, 2.24) is 15.2 Å². The van der Waals surface area contributed by atoms with E-state index in [1.165, 1.54) is 12.3 Å². The van der Waals surface area contributed by atoms with Crippen molar-refractivity contribution in [2.75, 3.05) is 25.5 Å². The summed E-state index contributed by atoms with van der Waals surface area (Å²) in [5.41, 5.74) is 0.0486. The van der Waals surface area contributed by atoms with Gasteiger partial charge in [-0.15, -0.1) is 0 Å². The monoisotopic (exact) mass is 294 g/mol. The zero-order valence-electron chi connectivity index (χ0n) is 12.8. The number of carbonyl (C=O) groups excluding carboxylic acids is 1. The fourth-order valence-corrected chi connectivity index (χ4v) is 2.59. The smallest absolute Gasteiger partial charge is 0.254 e. The molecule has 1 saturated heterocycles. The van der Waals surface area contributed by atoms with Gasteiger partial charge in [-0.25, -0.2) is 9.37 Å². The molecule has 1 aromatic heterocycles. The van der Waals surface area contributed by atoms with Gasteiger partial charge in [0.15, 0.2) is 11.6 Å². The zero-order chi connectivity index (χ0) is 15.4. The quantitative estimate of drug-likeness (QED) is 0.890.